The molecule has 3 rings (SSSR count). The minimum absolute atomic E-state index is 0.0615. The zero-order valence-electron chi connectivity index (χ0n) is 16.4. The standard InChI is InChI=1S/C22H23BrN2O3S/c1-15(14-28-2)25-21(27)18-6-3-4-7-19(18)24-22(25)29-13-5-8-20(26)16-9-11-17(23)12-10-16/h3-4,6-7,9-12,15H,5,8,13-14H2,1-2H3/t15-/m0/s1. The summed E-state index contributed by atoms with van der Waals surface area (Å²) in [5.41, 5.74) is 1.34. The van der Waals surface area contributed by atoms with Crippen LogP contribution in [0.2, 0.25) is 0 Å². The Morgan fingerprint density at radius 1 is 1.21 bits per heavy atom. The van der Waals surface area contributed by atoms with Crippen molar-refractivity contribution in [1.82, 2.24) is 9.55 Å². The van der Waals surface area contributed by atoms with Crippen molar-refractivity contribution >= 4 is 44.4 Å². The highest BCUT2D eigenvalue weighted by Crippen LogP contribution is 2.23. The molecule has 0 amide bonds. The zero-order chi connectivity index (χ0) is 20.8. The highest BCUT2D eigenvalue weighted by Gasteiger charge is 2.16. The van der Waals surface area contributed by atoms with E-state index in [1.165, 1.54) is 11.8 Å². The molecule has 1 atom stereocenters. The number of Topliss-reactive ketones (excluding diaryl/α,β-unsaturated/α-hetero) is 1. The molecule has 0 aliphatic rings. The lowest BCUT2D eigenvalue weighted by Crippen LogP contribution is -2.28. The van der Waals surface area contributed by atoms with Crippen molar-refractivity contribution < 1.29 is 9.53 Å². The lowest BCUT2D eigenvalue weighted by Gasteiger charge is -2.18. The van der Waals surface area contributed by atoms with Gasteiger partial charge >= 0.3 is 0 Å². The molecule has 0 unspecified atom stereocenters. The molecule has 0 spiro atoms. The van der Waals surface area contributed by atoms with Crippen molar-refractivity contribution in [3.8, 4) is 0 Å². The summed E-state index contributed by atoms with van der Waals surface area (Å²) in [6.07, 6.45) is 1.17. The first-order chi connectivity index (χ1) is 14.0. The fourth-order valence-electron chi connectivity index (χ4n) is 3.11. The van der Waals surface area contributed by atoms with Crippen molar-refractivity contribution in [1.29, 1.82) is 0 Å². The summed E-state index contributed by atoms with van der Waals surface area (Å²) in [6, 6.07) is 14.6. The molecule has 1 heterocycles. The maximum Gasteiger partial charge on any atom is 0.262 e. The zero-order valence-corrected chi connectivity index (χ0v) is 18.8. The maximum atomic E-state index is 13.0. The van der Waals surface area contributed by atoms with Crippen LogP contribution in [-0.2, 0) is 4.74 Å². The minimum atomic E-state index is -0.128. The molecular weight excluding hydrogens is 452 g/mol. The summed E-state index contributed by atoms with van der Waals surface area (Å²) in [4.78, 5) is 30.1. The molecule has 0 saturated carbocycles. The number of ketones is 1. The van der Waals surface area contributed by atoms with Crippen LogP contribution in [0.5, 0.6) is 0 Å². The Morgan fingerprint density at radius 2 is 1.93 bits per heavy atom. The van der Waals surface area contributed by atoms with Gasteiger partial charge in [0, 0.05) is 29.3 Å². The van der Waals surface area contributed by atoms with Gasteiger partial charge in [0.05, 0.1) is 23.6 Å². The van der Waals surface area contributed by atoms with E-state index in [1.54, 1.807) is 17.7 Å². The Morgan fingerprint density at radius 3 is 2.66 bits per heavy atom. The third-order valence-electron chi connectivity index (χ3n) is 4.57. The highest BCUT2D eigenvalue weighted by atomic mass is 79.9. The molecule has 0 fully saturated rings. The van der Waals surface area contributed by atoms with Crippen molar-refractivity contribution in [2.24, 2.45) is 0 Å². The second-order valence-electron chi connectivity index (χ2n) is 6.77. The van der Waals surface area contributed by atoms with Crippen LogP contribution in [0.1, 0.15) is 36.2 Å². The Hall–Kier alpha value is -1.96. The second kappa shape index (κ2) is 10.2. The first-order valence-corrected chi connectivity index (χ1v) is 11.2. The smallest absolute Gasteiger partial charge is 0.262 e. The van der Waals surface area contributed by atoms with E-state index < -0.39 is 0 Å². The number of para-hydroxylation sites is 1. The molecule has 0 saturated heterocycles. The molecule has 2 aromatic carbocycles. The van der Waals surface area contributed by atoms with Gasteiger partial charge in [0.25, 0.3) is 5.56 Å². The van der Waals surface area contributed by atoms with Gasteiger partial charge in [0.1, 0.15) is 0 Å². The number of nitrogens with zero attached hydrogens (tertiary/aromatic N) is 2. The van der Waals surface area contributed by atoms with Crippen LogP contribution in [0.4, 0.5) is 0 Å². The highest BCUT2D eigenvalue weighted by molar-refractivity contribution is 9.10. The predicted octanol–water partition coefficient (Wildman–Crippen LogP) is 5.12. The largest absolute Gasteiger partial charge is 0.383 e. The van der Waals surface area contributed by atoms with E-state index in [2.05, 4.69) is 15.9 Å². The number of benzene rings is 2. The summed E-state index contributed by atoms with van der Waals surface area (Å²) in [5, 5.41) is 1.26. The molecule has 29 heavy (non-hydrogen) atoms. The molecule has 0 aliphatic heterocycles. The third kappa shape index (κ3) is 5.35. The van der Waals surface area contributed by atoms with Crippen LogP contribution in [0.25, 0.3) is 10.9 Å². The van der Waals surface area contributed by atoms with E-state index in [-0.39, 0.29) is 17.4 Å². The second-order valence-corrected chi connectivity index (χ2v) is 8.75. The number of hydrogen-bond donors (Lipinski definition) is 0. The summed E-state index contributed by atoms with van der Waals surface area (Å²) in [6.45, 7) is 2.37. The van der Waals surface area contributed by atoms with Gasteiger partial charge in [-0.2, -0.15) is 0 Å². The number of rotatable bonds is 9. The molecule has 152 valence electrons. The van der Waals surface area contributed by atoms with E-state index in [4.69, 9.17) is 9.72 Å². The van der Waals surface area contributed by atoms with Crippen LogP contribution in [0, 0.1) is 0 Å². The van der Waals surface area contributed by atoms with Gasteiger partial charge in [0.15, 0.2) is 10.9 Å². The Balaban J connectivity index is 1.73. The molecule has 0 aliphatic carbocycles. The number of methoxy groups -OCH3 is 1. The number of hydrogen-bond acceptors (Lipinski definition) is 5. The number of aromatic nitrogens is 2. The van der Waals surface area contributed by atoms with Gasteiger partial charge in [-0.3, -0.25) is 14.2 Å². The van der Waals surface area contributed by atoms with Crippen LogP contribution < -0.4 is 5.56 Å². The molecular formula is C22H23BrN2O3S. The van der Waals surface area contributed by atoms with Crippen LogP contribution in [0.15, 0.2) is 63.0 Å². The van der Waals surface area contributed by atoms with E-state index in [0.29, 0.717) is 46.8 Å². The molecule has 0 bridgehead atoms. The molecule has 0 radical (unpaired) electrons. The van der Waals surface area contributed by atoms with E-state index >= 15 is 0 Å². The quantitative estimate of drug-likeness (QED) is 0.186. The number of ether oxygens (including phenoxy) is 1. The average molecular weight is 475 g/mol. The SMILES string of the molecule is COC[C@H](C)n1c(SCCCC(=O)c2ccc(Br)cc2)nc2ccccc2c1=O. The lowest BCUT2D eigenvalue weighted by molar-refractivity contribution is 0.0982. The monoisotopic (exact) mass is 474 g/mol. The van der Waals surface area contributed by atoms with Crippen molar-refractivity contribution in [3.05, 3.63) is 68.9 Å². The van der Waals surface area contributed by atoms with Crippen molar-refractivity contribution in [2.45, 2.75) is 31.0 Å². The van der Waals surface area contributed by atoms with Crippen molar-refractivity contribution in [2.75, 3.05) is 19.5 Å². The third-order valence-corrected chi connectivity index (χ3v) is 6.14. The van der Waals surface area contributed by atoms with E-state index in [0.717, 1.165) is 4.47 Å². The first-order valence-electron chi connectivity index (χ1n) is 9.43. The average Bonchev–Trinajstić information content (AvgIpc) is 2.72. The normalized spacial score (nSPS) is 12.2. The molecule has 3 aromatic rings. The molecule has 1 aromatic heterocycles. The number of thioether (sulfide) groups is 1. The Kier molecular flexibility index (Phi) is 7.64. The van der Waals surface area contributed by atoms with Gasteiger partial charge in [0.2, 0.25) is 0 Å². The summed E-state index contributed by atoms with van der Waals surface area (Å²) in [5.74, 6) is 0.821. The number of halogens is 1. The van der Waals surface area contributed by atoms with Crippen LogP contribution >= 0.6 is 27.7 Å². The van der Waals surface area contributed by atoms with Gasteiger partial charge in [-0.05, 0) is 37.6 Å². The first kappa shape index (κ1) is 21.7. The van der Waals surface area contributed by atoms with Crippen LogP contribution in [-0.4, -0.2) is 34.8 Å². The lowest BCUT2D eigenvalue weighted by atomic mass is 10.1. The maximum absolute atomic E-state index is 13.0. The van der Waals surface area contributed by atoms with E-state index in [1.807, 2.05) is 49.4 Å². The van der Waals surface area contributed by atoms with Gasteiger partial charge in [-0.15, -0.1) is 0 Å². The van der Waals surface area contributed by atoms with Gasteiger partial charge in [-0.25, -0.2) is 4.98 Å². The fraction of sp³-hybridized carbons (Fsp3) is 0.318. The number of carbonyl (C=O) groups is 1. The summed E-state index contributed by atoms with van der Waals surface area (Å²) in [7, 11) is 1.62. The molecule has 7 heteroatoms. The van der Waals surface area contributed by atoms with Crippen LogP contribution in [0.3, 0.4) is 0 Å². The minimum Gasteiger partial charge on any atom is -0.383 e. The van der Waals surface area contributed by atoms with Gasteiger partial charge < -0.3 is 4.74 Å². The number of fused-ring (bicyclic) bond motifs is 1. The van der Waals surface area contributed by atoms with Gasteiger partial charge in [-0.1, -0.05) is 52.0 Å². The molecule has 0 N–H and O–H groups in total. The van der Waals surface area contributed by atoms with Crippen molar-refractivity contribution in [3.63, 3.8) is 0 Å². The summed E-state index contributed by atoms with van der Waals surface area (Å²) < 4.78 is 7.91. The summed E-state index contributed by atoms with van der Waals surface area (Å²) >= 11 is 4.88. The number of carbonyl (C=O) groups excluding carboxylic acids is 1. The molecule has 5 nitrogen and oxygen atoms in total. The Bertz CT molecular complexity index is 1050. The topological polar surface area (TPSA) is 61.2 Å². The predicted molar refractivity (Wildman–Crippen MR) is 121 cm³/mol. The Labute approximate surface area is 182 Å². The fourth-order valence-corrected chi connectivity index (χ4v) is 4.41. The van der Waals surface area contributed by atoms with E-state index in [9.17, 15) is 9.59 Å².